The molecule has 41 heavy (non-hydrogen) atoms. The van der Waals surface area contributed by atoms with Gasteiger partial charge in [-0.05, 0) is 109 Å². The molecular formula is C36H46N4Pt. The normalized spacial score (nSPS) is 13.3. The topological polar surface area (TPSA) is 57.4 Å². The molecule has 0 atom stereocenters. The first-order valence-electron chi connectivity index (χ1n) is 15.7. The zero-order chi connectivity index (χ0) is 28.6. The van der Waals surface area contributed by atoms with Crippen LogP contribution in [0.1, 0.15) is 126 Å². The summed E-state index contributed by atoms with van der Waals surface area (Å²) in [5, 5.41) is 0. The molecular weight excluding hydrogens is 684 g/mol. The Morgan fingerprint density at radius 1 is 0.488 bits per heavy atom. The third-order valence-electron chi connectivity index (χ3n) is 8.91. The second-order valence-electron chi connectivity index (χ2n) is 10.9. The number of hydrogen-bond acceptors (Lipinski definition) is 2. The van der Waals surface area contributed by atoms with Crippen LogP contribution in [0.15, 0.2) is 24.3 Å². The molecule has 2 N–H and O–H groups in total. The van der Waals surface area contributed by atoms with Crippen LogP contribution in [0.25, 0.3) is 44.4 Å². The molecule has 0 aromatic carbocycles. The van der Waals surface area contributed by atoms with Crippen molar-refractivity contribution in [3.63, 3.8) is 0 Å². The molecule has 0 amide bonds. The van der Waals surface area contributed by atoms with Gasteiger partial charge in [-0.2, -0.15) is 0 Å². The Bertz CT molecular complexity index is 1680. The summed E-state index contributed by atoms with van der Waals surface area (Å²) in [5.41, 5.74) is 20.3. The number of aromatic nitrogens is 4. The van der Waals surface area contributed by atoms with E-state index in [9.17, 15) is 0 Å². The standard InChI is InChI=1S/C36H46N4.Pt/c1-9-23-25(11-3)33-29(15-7)35-27(13-5)28(14-6)36(40-35)30(16-8)34-26(12-4)24(10-2)32(39-34)20-22-18-17-21(37-22)19-31(23)38-33;/h17-20,37-38H,9-16H2,1-8H3;. The fourth-order valence-corrected chi connectivity index (χ4v) is 7.07. The minimum Gasteiger partial charge on any atom is -0.355 e. The van der Waals surface area contributed by atoms with Gasteiger partial charge >= 0.3 is 0 Å². The number of nitrogens with zero attached hydrogens (tertiary/aromatic N) is 2. The molecule has 3 aromatic rings. The number of rotatable bonds is 8. The number of aryl methyl sites for hydroxylation is 3. The summed E-state index contributed by atoms with van der Waals surface area (Å²) in [4.78, 5) is 18.5. The predicted molar refractivity (Wildman–Crippen MR) is 173 cm³/mol. The van der Waals surface area contributed by atoms with Crippen LogP contribution in [0.2, 0.25) is 0 Å². The van der Waals surface area contributed by atoms with Gasteiger partial charge in [0.1, 0.15) is 0 Å². The average molecular weight is 730 g/mol. The van der Waals surface area contributed by atoms with Crippen molar-refractivity contribution in [2.75, 3.05) is 0 Å². The van der Waals surface area contributed by atoms with Crippen molar-refractivity contribution in [2.24, 2.45) is 0 Å². The Morgan fingerprint density at radius 2 is 0.976 bits per heavy atom. The molecule has 0 aliphatic carbocycles. The van der Waals surface area contributed by atoms with Crippen molar-refractivity contribution >= 4 is 44.4 Å². The maximum atomic E-state index is 5.57. The summed E-state index contributed by atoms with van der Waals surface area (Å²) in [6, 6.07) is 8.89. The van der Waals surface area contributed by atoms with Crippen LogP contribution < -0.4 is 0 Å². The van der Waals surface area contributed by atoms with Crippen LogP contribution in [0, 0.1) is 0 Å². The van der Waals surface area contributed by atoms with E-state index in [1.807, 2.05) is 0 Å². The van der Waals surface area contributed by atoms with Crippen LogP contribution in [0.3, 0.4) is 0 Å². The van der Waals surface area contributed by atoms with Gasteiger partial charge in [-0.25, -0.2) is 9.97 Å². The van der Waals surface area contributed by atoms with Gasteiger partial charge in [0.2, 0.25) is 0 Å². The van der Waals surface area contributed by atoms with E-state index in [0.29, 0.717) is 0 Å². The van der Waals surface area contributed by atoms with E-state index in [0.717, 1.165) is 73.8 Å². The van der Waals surface area contributed by atoms with Crippen LogP contribution in [0.5, 0.6) is 0 Å². The number of allylic oxidation sites excluding steroid dienone is 4. The molecule has 2 aliphatic rings. The molecule has 0 saturated carbocycles. The van der Waals surface area contributed by atoms with Gasteiger partial charge < -0.3 is 9.97 Å². The molecule has 0 spiro atoms. The largest absolute Gasteiger partial charge is 0.355 e. The zero-order valence-electron chi connectivity index (χ0n) is 26.2. The van der Waals surface area contributed by atoms with E-state index >= 15 is 0 Å². The maximum Gasteiger partial charge on any atom is 0.0726 e. The van der Waals surface area contributed by atoms with Crippen molar-refractivity contribution in [2.45, 2.75) is 107 Å². The molecule has 4 nitrogen and oxygen atoms in total. The molecule has 220 valence electrons. The van der Waals surface area contributed by atoms with Crippen molar-refractivity contribution in [1.82, 2.24) is 19.9 Å². The summed E-state index contributed by atoms with van der Waals surface area (Å²) in [7, 11) is 0. The Morgan fingerprint density at radius 3 is 1.51 bits per heavy atom. The smallest absolute Gasteiger partial charge is 0.0726 e. The van der Waals surface area contributed by atoms with Gasteiger partial charge in [0.05, 0.1) is 22.8 Å². The fourth-order valence-electron chi connectivity index (χ4n) is 7.07. The van der Waals surface area contributed by atoms with E-state index in [2.05, 4.69) is 89.6 Å². The summed E-state index contributed by atoms with van der Waals surface area (Å²) < 4.78 is 0. The first-order valence-corrected chi connectivity index (χ1v) is 15.7. The van der Waals surface area contributed by atoms with Crippen molar-refractivity contribution in [1.29, 1.82) is 0 Å². The number of aromatic amines is 2. The third kappa shape index (κ3) is 5.22. The van der Waals surface area contributed by atoms with Crippen molar-refractivity contribution < 1.29 is 21.1 Å². The Balaban J connectivity index is 0.00000387. The quantitative estimate of drug-likeness (QED) is 0.243. The van der Waals surface area contributed by atoms with Gasteiger partial charge in [0.15, 0.2) is 0 Å². The van der Waals surface area contributed by atoms with Crippen LogP contribution in [-0.2, 0) is 46.7 Å². The van der Waals surface area contributed by atoms with E-state index in [4.69, 9.17) is 9.97 Å². The number of H-pyrrole nitrogens is 2. The molecule has 5 heterocycles. The second-order valence-corrected chi connectivity index (χ2v) is 10.9. The Labute approximate surface area is 260 Å². The first-order chi connectivity index (χ1) is 19.5. The average Bonchev–Trinajstić information content (AvgIpc) is 3.73. The van der Waals surface area contributed by atoms with Gasteiger partial charge in [-0.15, -0.1) is 0 Å². The van der Waals surface area contributed by atoms with Crippen molar-refractivity contribution in [3.05, 3.63) is 69.3 Å². The minimum absolute atomic E-state index is 0. The Hall–Kier alpha value is -2.71. The number of fused-ring (bicyclic) bond motifs is 8. The summed E-state index contributed by atoms with van der Waals surface area (Å²) >= 11 is 0. The fraction of sp³-hybridized carbons (Fsp3) is 0.444. The van der Waals surface area contributed by atoms with E-state index in [1.54, 1.807) is 0 Å². The zero-order valence-corrected chi connectivity index (χ0v) is 28.4. The minimum atomic E-state index is 0. The molecule has 5 rings (SSSR count). The molecule has 2 aliphatic heterocycles. The van der Waals surface area contributed by atoms with E-state index in [-0.39, 0.29) is 21.1 Å². The SMILES string of the molecule is CCC1=C(CC)c2nc1cc1ccc(cc3[nH]c(c(CC)c4nc(c2CC)C(CC)=C4CC)c(CC)c3CC)[nH]1.[Pt]. The van der Waals surface area contributed by atoms with Crippen LogP contribution >= 0.6 is 0 Å². The number of nitrogens with one attached hydrogen (secondary N) is 2. The molecule has 0 fully saturated rings. The van der Waals surface area contributed by atoms with Crippen LogP contribution in [0.4, 0.5) is 0 Å². The summed E-state index contributed by atoms with van der Waals surface area (Å²) in [6.07, 6.45) is 7.74. The van der Waals surface area contributed by atoms with E-state index in [1.165, 1.54) is 67.0 Å². The molecule has 5 heteroatoms. The maximum absolute atomic E-state index is 5.57. The van der Waals surface area contributed by atoms with Gasteiger partial charge in [-0.1, -0.05) is 55.4 Å². The third-order valence-corrected chi connectivity index (χ3v) is 8.91. The van der Waals surface area contributed by atoms with E-state index < -0.39 is 0 Å². The molecule has 0 radical (unpaired) electrons. The van der Waals surface area contributed by atoms with Gasteiger partial charge in [0.25, 0.3) is 0 Å². The van der Waals surface area contributed by atoms with Gasteiger partial charge in [0, 0.05) is 54.3 Å². The van der Waals surface area contributed by atoms with Crippen molar-refractivity contribution in [3.8, 4) is 0 Å². The molecule has 8 bridgehead atoms. The molecule has 0 unspecified atom stereocenters. The monoisotopic (exact) mass is 729 g/mol. The number of hydrogen-bond donors (Lipinski definition) is 2. The summed E-state index contributed by atoms with van der Waals surface area (Å²) in [6.45, 7) is 18.2. The molecule has 0 saturated heterocycles. The summed E-state index contributed by atoms with van der Waals surface area (Å²) in [5.74, 6) is 0. The van der Waals surface area contributed by atoms with Crippen LogP contribution in [-0.4, -0.2) is 19.9 Å². The Kier molecular flexibility index (Phi) is 9.96. The predicted octanol–water partition coefficient (Wildman–Crippen LogP) is 10.0. The first kappa shape index (κ1) is 31.2. The molecule has 3 aromatic heterocycles. The second kappa shape index (κ2) is 13.1. The van der Waals surface area contributed by atoms with Gasteiger partial charge in [-0.3, -0.25) is 0 Å².